The van der Waals surface area contributed by atoms with Gasteiger partial charge in [0.2, 0.25) is 5.91 Å². The fraction of sp³-hybridized carbons (Fsp3) is 0.571. The maximum atomic E-state index is 10.7. The normalized spacial score (nSPS) is 13.5. The highest BCUT2D eigenvalue weighted by Crippen LogP contribution is 1.79. The first kappa shape index (κ1) is 9.17. The summed E-state index contributed by atoms with van der Waals surface area (Å²) in [4.78, 5) is 10.7. The summed E-state index contributed by atoms with van der Waals surface area (Å²) in [6.07, 6.45) is 3.07. The van der Waals surface area contributed by atoms with Gasteiger partial charge in [-0.05, 0) is 19.9 Å². The highest BCUT2D eigenvalue weighted by molar-refractivity contribution is 5.87. The van der Waals surface area contributed by atoms with Crippen LogP contribution in [0.2, 0.25) is 0 Å². The molecule has 0 aliphatic carbocycles. The summed E-state index contributed by atoms with van der Waals surface area (Å²) < 4.78 is 0. The Bertz CT molecular complexity index is 132. The maximum absolute atomic E-state index is 10.7. The first-order valence-corrected chi connectivity index (χ1v) is 3.24. The van der Waals surface area contributed by atoms with Crippen molar-refractivity contribution in [2.75, 3.05) is 6.61 Å². The summed E-state index contributed by atoms with van der Waals surface area (Å²) in [6, 6.07) is -0.163. The van der Waals surface area contributed by atoms with Gasteiger partial charge in [0.25, 0.3) is 0 Å². The van der Waals surface area contributed by atoms with Crippen LogP contribution >= 0.6 is 0 Å². The van der Waals surface area contributed by atoms with Crippen LogP contribution in [0.15, 0.2) is 12.2 Å². The second-order valence-electron chi connectivity index (χ2n) is 2.09. The Kier molecular flexibility index (Phi) is 4.58. The predicted molar refractivity (Wildman–Crippen MR) is 39.5 cm³/mol. The van der Waals surface area contributed by atoms with E-state index in [0.717, 1.165) is 0 Å². The molecule has 1 atom stereocenters. The molecular formula is C7H13NO2. The highest BCUT2D eigenvalue weighted by Gasteiger charge is 2.00. The number of aliphatic hydroxyl groups is 1. The molecule has 0 aromatic heterocycles. The lowest BCUT2D eigenvalue weighted by Crippen LogP contribution is -2.33. The molecule has 0 heterocycles. The van der Waals surface area contributed by atoms with Crippen molar-refractivity contribution in [1.82, 2.24) is 5.32 Å². The molecule has 10 heavy (non-hydrogen) atoms. The van der Waals surface area contributed by atoms with E-state index >= 15 is 0 Å². The van der Waals surface area contributed by atoms with E-state index in [2.05, 4.69) is 5.32 Å². The Hall–Kier alpha value is -0.830. The van der Waals surface area contributed by atoms with Gasteiger partial charge >= 0.3 is 0 Å². The molecule has 3 nitrogen and oxygen atoms in total. The van der Waals surface area contributed by atoms with Crippen LogP contribution in [0.4, 0.5) is 0 Å². The van der Waals surface area contributed by atoms with Crippen molar-refractivity contribution in [1.29, 1.82) is 0 Å². The number of allylic oxidation sites excluding steroid dienone is 1. The molecule has 0 saturated carbocycles. The number of aliphatic hydroxyl groups excluding tert-OH is 1. The van der Waals surface area contributed by atoms with Gasteiger partial charge in [-0.15, -0.1) is 0 Å². The summed E-state index contributed by atoms with van der Waals surface area (Å²) >= 11 is 0. The number of hydrogen-bond acceptors (Lipinski definition) is 2. The third kappa shape index (κ3) is 4.09. The van der Waals surface area contributed by atoms with E-state index in [4.69, 9.17) is 5.11 Å². The summed E-state index contributed by atoms with van der Waals surface area (Å²) in [7, 11) is 0. The topological polar surface area (TPSA) is 49.3 Å². The molecule has 0 spiro atoms. The molecule has 0 fully saturated rings. The molecule has 0 bridgehead atoms. The van der Waals surface area contributed by atoms with E-state index in [1.165, 1.54) is 6.08 Å². The third-order valence-corrected chi connectivity index (χ3v) is 0.981. The van der Waals surface area contributed by atoms with E-state index in [1.807, 2.05) is 0 Å². The van der Waals surface area contributed by atoms with Crippen molar-refractivity contribution >= 4 is 5.91 Å². The lowest BCUT2D eigenvalue weighted by Gasteiger charge is -2.07. The zero-order valence-corrected chi connectivity index (χ0v) is 6.29. The molecule has 2 N–H and O–H groups in total. The van der Waals surface area contributed by atoms with Crippen LogP contribution in [0.3, 0.4) is 0 Å². The van der Waals surface area contributed by atoms with Crippen molar-refractivity contribution in [2.24, 2.45) is 0 Å². The quantitative estimate of drug-likeness (QED) is 0.549. The van der Waals surface area contributed by atoms with Crippen LogP contribution < -0.4 is 5.32 Å². The van der Waals surface area contributed by atoms with Crippen LogP contribution in [0.5, 0.6) is 0 Å². The van der Waals surface area contributed by atoms with Gasteiger partial charge in [-0.25, -0.2) is 0 Å². The molecule has 0 aromatic carbocycles. The Morgan fingerprint density at radius 1 is 1.80 bits per heavy atom. The van der Waals surface area contributed by atoms with Gasteiger partial charge in [-0.3, -0.25) is 4.79 Å². The van der Waals surface area contributed by atoms with Crippen LogP contribution in [-0.4, -0.2) is 23.7 Å². The van der Waals surface area contributed by atoms with Crippen LogP contribution in [0.1, 0.15) is 13.8 Å². The summed E-state index contributed by atoms with van der Waals surface area (Å²) in [5.74, 6) is -0.163. The van der Waals surface area contributed by atoms with E-state index in [-0.39, 0.29) is 18.6 Å². The number of hydrogen-bond donors (Lipinski definition) is 2. The fourth-order valence-electron chi connectivity index (χ4n) is 0.488. The van der Waals surface area contributed by atoms with Crippen LogP contribution in [0.25, 0.3) is 0 Å². The van der Waals surface area contributed by atoms with Crippen molar-refractivity contribution < 1.29 is 9.90 Å². The third-order valence-electron chi connectivity index (χ3n) is 0.981. The molecule has 0 aliphatic rings. The smallest absolute Gasteiger partial charge is 0.243 e. The standard InChI is InChI=1S/C7H13NO2/c1-3-4-7(10)8-6(2)5-9/h3-4,6,9H,5H2,1-2H3,(H,8,10)/t6-/m1/s1. The Balaban J connectivity index is 3.57. The summed E-state index contributed by atoms with van der Waals surface area (Å²) in [5.41, 5.74) is 0. The van der Waals surface area contributed by atoms with E-state index in [9.17, 15) is 4.79 Å². The van der Waals surface area contributed by atoms with Crippen molar-refractivity contribution in [3.8, 4) is 0 Å². The number of carbonyl (C=O) groups is 1. The van der Waals surface area contributed by atoms with E-state index < -0.39 is 0 Å². The molecule has 0 unspecified atom stereocenters. The van der Waals surface area contributed by atoms with Gasteiger partial charge < -0.3 is 10.4 Å². The number of amides is 1. The van der Waals surface area contributed by atoms with E-state index in [1.54, 1.807) is 19.9 Å². The van der Waals surface area contributed by atoms with Gasteiger partial charge in [0.1, 0.15) is 0 Å². The van der Waals surface area contributed by atoms with Crippen molar-refractivity contribution in [3.05, 3.63) is 12.2 Å². The van der Waals surface area contributed by atoms with Crippen molar-refractivity contribution in [3.63, 3.8) is 0 Å². The molecule has 0 saturated heterocycles. The lowest BCUT2D eigenvalue weighted by atomic mass is 10.3. The Morgan fingerprint density at radius 2 is 2.40 bits per heavy atom. The first-order valence-electron chi connectivity index (χ1n) is 3.24. The number of carbonyl (C=O) groups excluding carboxylic acids is 1. The second kappa shape index (κ2) is 4.99. The first-order chi connectivity index (χ1) is 4.70. The molecular weight excluding hydrogens is 130 g/mol. The lowest BCUT2D eigenvalue weighted by molar-refractivity contribution is -0.117. The van der Waals surface area contributed by atoms with Gasteiger partial charge in [-0.2, -0.15) is 0 Å². The zero-order valence-electron chi connectivity index (χ0n) is 6.29. The van der Waals surface area contributed by atoms with Gasteiger partial charge in [0, 0.05) is 6.04 Å². The number of rotatable bonds is 3. The minimum atomic E-state index is -0.163. The maximum Gasteiger partial charge on any atom is 0.243 e. The largest absolute Gasteiger partial charge is 0.394 e. The monoisotopic (exact) mass is 143 g/mol. The molecule has 0 rings (SSSR count). The van der Waals surface area contributed by atoms with Crippen molar-refractivity contribution in [2.45, 2.75) is 19.9 Å². The summed E-state index contributed by atoms with van der Waals surface area (Å²) in [5, 5.41) is 11.1. The van der Waals surface area contributed by atoms with Gasteiger partial charge in [0.05, 0.1) is 6.61 Å². The molecule has 0 aliphatic heterocycles. The van der Waals surface area contributed by atoms with Crippen LogP contribution in [0, 0.1) is 0 Å². The molecule has 3 heteroatoms. The Labute approximate surface area is 60.7 Å². The summed E-state index contributed by atoms with van der Waals surface area (Å²) in [6.45, 7) is 3.48. The highest BCUT2D eigenvalue weighted by atomic mass is 16.3. The fourth-order valence-corrected chi connectivity index (χ4v) is 0.488. The average molecular weight is 143 g/mol. The van der Waals surface area contributed by atoms with E-state index in [0.29, 0.717) is 0 Å². The van der Waals surface area contributed by atoms with Crippen LogP contribution in [-0.2, 0) is 4.79 Å². The molecule has 58 valence electrons. The predicted octanol–water partition coefficient (Wildman–Crippen LogP) is 0.0595. The minimum absolute atomic E-state index is 0.0245. The Morgan fingerprint density at radius 3 is 2.80 bits per heavy atom. The second-order valence-corrected chi connectivity index (χ2v) is 2.09. The molecule has 1 amide bonds. The minimum Gasteiger partial charge on any atom is -0.394 e. The SMILES string of the molecule is CC=CC(=O)N[C@H](C)CO. The average Bonchev–Trinajstić information content (AvgIpc) is 1.88. The zero-order chi connectivity index (χ0) is 7.98. The van der Waals surface area contributed by atoms with Gasteiger partial charge in [0.15, 0.2) is 0 Å². The van der Waals surface area contributed by atoms with Gasteiger partial charge in [-0.1, -0.05) is 6.08 Å². The molecule has 0 radical (unpaired) electrons. The number of nitrogens with one attached hydrogen (secondary N) is 1. The molecule has 0 aromatic rings.